The summed E-state index contributed by atoms with van der Waals surface area (Å²) in [4.78, 5) is 25.9. The van der Waals surface area contributed by atoms with Crippen LogP contribution >= 0.6 is 0 Å². The normalized spacial score (nSPS) is 24.6. The molecule has 0 aromatic carbocycles. The van der Waals surface area contributed by atoms with E-state index in [0.717, 1.165) is 25.7 Å². The minimum Gasteiger partial charge on any atom is -0.353 e. The van der Waals surface area contributed by atoms with E-state index in [1.807, 2.05) is 4.90 Å². The highest BCUT2D eigenvalue weighted by Gasteiger charge is 2.41. The van der Waals surface area contributed by atoms with Gasteiger partial charge in [0.2, 0.25) is 11.8 Å². The predicted molar refractivity (Wildman–Crippen MR) is 74.6 cm³/mol. The summed E-state index contributed by atoms with van der Waals surface area (Å²) in [6.45, 7) is 4.87. The number of unbranched alkanes of at least 4 members (excludes halogenated alkanes) is 2. The Hall–Kier alpha value is -1.06. The molecule has 2 atom stereocenters. The molecule has 0 spiro atoms. The fourth-order valence-corrected chi connectivity index (χ4v) is 2.78. The molecule has 2 aliphatic rings. The van der Waals surface area contributed by atoms with E-state index < -0.39 is 0 Å². The number of carbonyl (C=O) groups excluding carboxylic acids is 2. The van der Waals surface area contributed by atoms with Gasteiger partial charge < -0.3 is 10.2 Å². The number of nitrogens with one attached hydrogen (secondary N) is 1. The zero-order valence-corrected chi connectivity index (χ0v) is 12.2. The van der Waals surface area contributed by atoms with Crippen molar-refractivity contribution in [1.29, 1.82) is 0 Å². The van der Waals surface area contributed by atoms with Crippen molar-refractivity contribution in [2.75, 3.05) is 6.54 Å². The Kier molecular flexibility index (Phi) is 4.83. The van der Waals surface area contributed by atoms with E-state index in [0.29, 0.717) is 19.0 Å². The topological polar surface area (TPSA) is 49.4 Å². The highest BCUT2D eigenvalue weighted by Crippen LogP contribution is 2.32. The van der Waals surface area contributed by atoms with Crippen LogP contribution in [0.5, 0.6) is 0 Å². The van der Waals surface area contributed by atoms with Gasteiger partial charge in [0.1, 0.15) is 0 Å². The van der Waals surface area contributed by atoms with Crippen LogP contribution in [-0.4, -0.2) is 35.3 Å². The number of nitrogens with zero attached hydrogens (tertiary/aromatic N) is 1. The molecule has 1 saturated carbocycles. The monoisotopic (exact) mass is 266 g/mol. The van der Waals surface area contributed by atoms with Crippen molar-refractivity contribution in [1.82, 2.24) is 10.2 Å². The van der Waals surface area contributed by atoms with Crippen LogP contribution in [0, 0.1) is 5.92 Å². The summed E-state index contributed by atoms with van der Waals surface area (Å²) in [5, 5.41) is 3.06. The third-order valence-corrected chi connectivity index (χ3v) is 4.15. The van der Waals surface area contributed by atoms with Crippen molar-refractivity contribution >= 4 is 11.8 Å². The van der Waals surface area contributed by atoms with Crippen LogP contribution in [0.15, 0.2) is 0 Å². The molecule has 1 heterocycles. The van der Waals surface area contributed by atoms with Gasteiger partial charge in [-0.05, 0) is 26.2 Å². The average Bonchev–Trinajstić information content (AvgIpc) is 3.13. The van der Waals surface area contributed by atoms with Crippen LogP contribution < -0.4 is 5.32 Å². The maximum atomic E-state index is 12.1. The number of hydrogen-bond donors (Lipinski definition) is 1. The van der Waals surface area contributed by atoms with Gasteiger partial charge in [-0.25, -0.2) is 0 Å². The summed E-state index contributed by atoms with van der Waals surface area (Å²) >= 11 is 0. The molecule has 0 bridgehead atoms. The lowest BCUT2D eigenvalue weighted by Crippen LogP contribution is -2.38. The Balaban J connectivity index is 1.72. The van der Waals surface area contributed by atoms with Crippen LogP contribution in [-0.2, 0) is 9.59 Å². The predicted octanol–water partition coefficient (Wildman–Crippen LogP) is 2.08. The minimum atomic E-state index is -0.123. The lowest BCUT2D eigenvalue weighted by atomic mass is 10.1. The second-order valence-electron chi connectivity index (χ2n) is 6.08. The van der Waals surface area contributed by atoms with E-state index in [-0.39, 0.29) is 23.8 Å². The Morgan fingerprint density at radius 3 is 2.79 bits per heavy atom. The SMILES string of the molecule is CCCCCC(C)NC(=O)C1CC(=O)N(C2CC2)C1. The molecule has 1 saturated heterocycles. The molecular formula is C15H26N2O2. The smallest absolute Gasteiger partial charge is 0.225 e. The molecule has 19 heavy (non-hydrogen) atoms. The van der Waals surface area contributed by atoms with Gasteiger partial charge in [-0.15, -0.1) is 0 Å². The molecule has 1 N–H and O–H groups in total. The molecule has 1 aliphatic heterocycles. The Morgan fingerprint density at radius 1 is 1.42 bits per heavy atom. The van der Waals surface area contributed by atoms with Gasteiger partial charge in [-0.1, -0.05) is 26.2 Å². The Labute approximate surface area is 115 Å². The Bertz CT molecular complexity index is 339. The van der Waals surface area contributed by atoms with Gasteiger partial charge in [0.25, 0.3) is 0 Å². The van der Waals surface area contributed by atoms with Crippen LogP contribution in [0.4, 0.5) is 0 Å². The van der Waals surface area contributed by atoms with Gasteiger partial charge in [-0.2, -0.15) is 0 Å². The van der Waals surface area contributed by atoms with E-state index >= 15 is 0 Å². The van der Waals surface area contributed by atoms with Gasteiger partial charge in [0.15, 0.2) is 0 Å². The molecule has 1 aliphatic carbocycles. The Morgan fingerprint density at radius 2 is 2.16 bits per heavy atom. The first-order valence-corrected chi connectivity index (χ1v) is 7.71. The van der Waals surface area contributed by atoms with Crippen molar-refractivity contribution < 1.29 is 9.59 Å². The zero-order chi connectivity index (χ0) is 13.8. The van der Waals surface area contributed by atoms with E-state index in [1.165, 1.54) is 12.8 Å². The maximum Gasteiger partial charge on any atom is 0.225 e. The lowest BCUT2D eigenvalue weighted by molar-refractivity contribution is -0.129. The van der Waals surface area contributed by atoms with Crippen molar-refractivity contribution in [2.24, 2.45) is 5.92 Å². The molecule has 2 unspecified atom stereocenters. The number of hydrogen-bond acceptors (Lipinski definition) is 2. The van der Waals surface area contributed by atoms with E-state index in [9.17, 15) is 9.59 Å². The summed E-state index contributed by atoms with van der Waals surface area (Å²) in [5.74, 6) is 0.114. The number of amides is 2. The lowest BCUT2D eigenvalue weighted by Gasteiger charge is -2.18. The minimum absolute atomic E-state index is 0.0699. The molecule has 2 rings (SSSR count). The average molecular weight is 266 g/mol. The maximum absolute atomic E-state index is 12.1. The van der Waals surface area contributed by atoms with Gasteiger partial charge in [0.05, 0.1) is 5.92 Å². The fourth-order valence-electron chi connectivity index (χ4n) is 2.78. The molecule has 108 valence electrons. The van der Waals surface area contributed by atoms with Crippen LogP contribution in [0.3, 0.4) is 0 Å². The molecule has 4 heteroatoms. The van der Waals surface area contributed by atoms with Crippen molar-refractivity contribution in [2.45, 2.75) is 70.9 Å². The molecule has 2 amide bonds. The molecule has 0 radical (unpaired) electrons. The summed E-state index contributed by atoms with van der Waals surface area (Å²) in [6, 6.07) is 0.663. The second-order valence-corrected chi connectivity index (χ2v) is 6.08. The largest absolute Gasteiger partial charge is 0.353 e. The van der Waals surface area contributed by atoms with E-state index in [2.05, 4.69) is 19.2 Å². The second kappa shape index (κ2) is 6.40. The summed E-state index contributed by atoms with van der Waals surface area (Å²) in [5.41, 5.74) is 0. The first-order valence-electron chi connectivity index (χ1n) is 7.71. The first kappa shape index (κ1) is 14.4. The highest BCUT2D eigenvalue weighted by molar-refractivity contribution is 5.89. The third kappa shape index (κ3) is 3.95. The third-order valence-electron chi connectivity index (χ3n) is 4.15. The molecule has 4 nitrogen and oxygen atoms in total. The van der Waals surface area contributed by atoms with Crippen molar-refractivity contribution in [3.8, 4) is 0 Å². The van der Waals surface area contributed by atoms with Gasteiger partial charge in [0, 0.05) is 25.0 Å². The van der Waals surface area contributed by atoms with Crippen molar-refractivity contribution in [3.63, 3.8) is 0 Å². The summed E-state index contributed by atoms with van der Waals surface area (Å²) < 4.78 is 0. The van der Waals surface area contributed by atoms with Crippen LogP contribution in [0.25, 0.3) is 0 Å². The quantitative estimate of drug-likeness (QED) is 0.717. The van der Waals surface area contributed by atoms with Crippen LogP contribution in [0.1, 0.15) is 58.8 Å². The molecular weight excluding hydrogens is 240 g/mol. The number of likely N-dealkylation sites (tertiary alicyclic amines) is 1. The van der Waals surface area contributed by atoms with E-state index in [1.54, 1.807) is 0 Å². The highest BCUT2D eigenvalue weighted by atomic mass is 16.2. The number of carbonyl (C=O) groups is 2. The fraction of sp³-hybridized carbons (Fsp3) is 0.867. The van der Waals surface area contributed by atoms with Gasteiger partial charge in [-0.3, -0.25) is 9.59 Å². The summed E-state index contributed by atoms with van der Waals surface area (Å²) in [6.07, 6.45) is 7.26. The molecule has 0 aromatic heterocycles. The van der Waals surface area contributed by atoms with Crippen LogP contribution in [0.2, 0.25) is 0 Å². The van der Waals surface area contributed by atoms with E-state index in [4.69, 9.17) is 0 Å². The summed E-state index contributed by atoms with van der Waals surface area (Å²) in [7, 11) is 0. The van der Waals surface area contributed by atoms with Gasteiger partial charge >= 0.3 is 0 Å². The standard InChI is InChI=1S/C15H26N2O2/c1-3-4-5-6-11(2)16-15(19)12-9-14(18)17(10-12)13-7-8-13/h11-13H,3-10H2,1-2H3,(H,16,19). The first-order chi connectivity index (χ1) is 9.11. The molecule has 2 fully saturated rings. The molecule has 0 aromatic rings. The number of rotatable bonds is 7. The van der Waals surface area contributed by atoms with Crippen molar-refractivity contribution in [3.05, 3.63) is 0 Å². The zero-order valence-electron chi connectivity index (χ0n) is 12.2.